The normalized spacial score (nSPS) is 11.6. The first-order valence-corrected chi connectivity index (χ1v) is 9.19. The van der Waals surface area contributed by atoms with Gasteiger partial charge in [-0.05, 0) is 30.3 Å². The van der Waals surface area contributed by atoms with Gasteiger partial charge in [0.05, 0.1) is 15.6 Å². The second kappa shape index (κ2) is 7.29. The summed E-state index contributed by atoms with van der Waals surface area (Å²) in [6.07, 6.45) is 0. The van der Waals surface area contributed by atoms with E-state index in [0.717, 1.165) is 10.4 Å². The van der Waals surface area contributed by atoms with Crippen molar-refractivity contribution in [1.29, 1.82) is 0 Å². The van der Waals surface area contributed by atoms with Crippen molar-refractivity contribution < 1.29 is 13.2 Å². The van der Waals surface area contributed by atoms with Crippen LogP contribution in [0.4, 0.5) is 5.69 Å². The Bertz CT molecular complexity index is 899. The van der Waals surface area contributed by atoms with Crippen LogP contribution in [-0.4, -0.2) is 32.7 Å². The lowest BCUT2D eigenvalue weighted by molar-refractivity contribution is 0.102. The molecule has 0 aliphatic rings. The van der Waals surface area contributed by atoms with E-state index in [4.69, 9.17) is 34.8 Å². The van der Waals surface area contributed by atoms with Gasteiger partial charge < -0.3 is 5.32 Å². The maximum atomic E-state index is 12.4. The van der Waals surface area contributed by atoms with Crippen LogP contribution in [0.1, 0.15) is 10.4 Å². The summed E-state index contributed by atoms with van der Waals surface area (Å²) in [5, 5.41) is 3.03. The molecule has 0 bridgehead atoms. The third kappa shape index (κ3) is 4.02. The van der Waals surface area contributed by atoms with E-state index in [2.05, 4.69) is 5.32 Å². The number of hydrogen-bond acceptors (Lipinski definition) is 3. The third-order valence-corrected chi connectivity index (χ3v) is 5.93. The van der Waals surface area contributed by atoms with E-state index in [1.54, 1.807) is 24.3 Å². The van der Waals surface area contributed by atoms with Crippen molar-refractivity contribution in [1.82, 2.24) is 4.31 Å². The minimum Gasteiger partial charge on any atom is -0.322 e. The van der Waals surface area contributed by atoms with Crippen molar-refractivity contribution in [2.45, 2.75) is 4.90 Å². The molecule has 128 valence electrons. The Hall–Kier alpha value is -1.31. The van der Waals surface area contributed by atoms with E-state index in [1.807, 2.05) is 0 Å². The van der Waals surface area contributed by atoms with Crippen molar-refractivity contribution in [2.24, 2.45) is 0 Å². The average molecular weight is 408 g/mol. The van der Waals surface area contributed by atoms with Gasteiger partial charge in [0.15, 0.2) is 0 Å². The number of amides is 1. The lowest BCUT2D eigenvalue weighted by Crippen LogP contribution is -2.23. The predicted molar refractivity (Wildman–Crippen MR) is 96.7 cm³/mol. The van der Waals surface area contributed by atoms with E-state index in [1.165, 1.54) is 20.2 Å². The molecule has 0 unspecified atom stereocenters. The SMILES string of the molecule is CN(C)S(=O)(=O)c1cc(C(=O)Nc2cccc(Cl)c2)c(Cl)cc1Cl. The van der Waals surface area contributed by atoms with Crippen molar-refractivity contribution >= 4 is 56.4 Å². The van der Waals surface area contributed by atoms with E-state index in [0.29, 0.717) is 10.7 Å². The number of carbonyl (C=O) groups excluding carboxylic acids is 1. The summed E-state index contributed by atoms with van der Waals surface area (Å²) in [5.74, 6) is -0.575. The van der Waals surface area contributed by atoms with Gasteiger partial charge in [-0.3, -0.25) is 4.79 Å². The lowest BCUT2D eigenvalue weighted by atomic mass is 10.2. The van der Waals surface area contributed by atoms with Gasteiger partial charge in [-0.2, -0.15) is 0 Å². The Kier molecular flexibility index (Phi) is 5.78. The topological polar surface area (TPSA) is 66.5 Å². The van der Waals surface area contributed by atoms with Crippen LogP contribution in [0.15, 0.2) is 41.3 Å². The molecule has 5 nitrogen and oxygen atoms in total. The second-order valence-corrected chi connectivity index (χ2v) is 8.39. The average Bonchev–Trinajstić information content (AvgIpc) is 2.46. The molecule has 0 radical (unpaired) electrons. The second-order valence-electron chi connectivity index (χ2n) is 5.01. The molecule has 0 saturated carbocycles. The summed E-state index contributed by atoms with van der Waals surface area (Å²) in [4.78, 5) is 12.2. The number of hydrogen-bond donors (Lipinski definition) is 1. The molecule has 2 aromatic carbocycles. The molecule has 24 heavy (non-hydrogen) atoms. The molecule has 2 aromatic rings. The number of benzene rings is 2. The van der Waals surface area contributed by atoms with Crippen LogP contribution in [0.2, 0.25) is 15.1 Å². The fourth-order valence-corrected chi connectivity index (χ4v) is 3.78. The van der Waals surface area contributed by atoms with Gasteiger partial charge in [0.1, 0.15) is 4.90 Å². The highest BCUT2D eigenvalue weighted by atomic mass is 35.5. The van der Waals surface area contributed by atoms with Crippen molar-refractivity contribution in [3.05, 3.63) is 57.0 Å². The van der Waals surface area contributed by atoms with Crippen LogP contribution >= 0.6 is 34.8 Å². The maximum Gasteiger partial charge on any atom is 0.257 e. The van der Waals surface area contributed by atoms with Crippen LogP contribution < -0.4 is 5.32 Å². The molecule has 0 saturated heterocycles. The molecule has 2 rings (SSSR count). The number of halogens is 3. The van der Waals surface area contributed by atoms with Crippen molar-refractivity contribution in [3.8, 4) is 0 Å². The highest BCUT2D eigenvalue weighted by molar-refractivity contribution is 7.89. The van der Waals surface area contributed by atoms with Crippen LogP contribution in [0.3, 0.4) is 0 Å². The molecule has 1 N–H and O–H groups in total. The van der Waals surface area contributed by atoms with E-state index in [9.17, 15) is 13.2 Å². The first kappa shape index (κ1) is 19.0. The van der Waals surface area contributed by atoms with Crippen LogP contribution in [0.5, 0.6) is 0 Å². The zero-order valence-electron chi connectivity index (χ0n) is 12.7. The zero-order chi connectivity index (χ0) is 18.1. The summed E-state index contributed by atoms with van der Waals surface area (Å²) in [7, 11) is -1.08. The molecule has 0 aliphatic carbocycles. The van der Waals surface area contributed by atoms with Gasteiger partial charge in [-0.25, -0.2) is 12.7 Å². The molecule has 0 heterocycles. The van der Waals surface area contributed by atoms with Gasteiger partial charge in [0.2, 0.25) is 10.0 Å². The largest absolute Gasteiger partial charge is 0.322 e. The zero-order valence-corrected chi connectivity index (χ0v) is 15.8. The summed E-state index contributed by atoms with van der Waals surface area (Å²) < 4.78 is 25.6. The highest BCUT2D eigenvalue weighted by Gasteiger charge is 2.24. The Morgan fingerprint density at radius 1 is 1.04 bits per heavy atom. The van der Waals surface area contributed by atoms with Gasteiger partial charge in [-0.1, -0.05) is 40.9 Å². The Morgan fingerprint density at radius 3 is 2.29 bits per heavy atom. The number of rotatable bonds is 4. The summed E-state index contributed by atoms with van der Waals surface area (Å²) in [5.41, 5.74) is 0.442. The predicted octanol–water partition coefficient (Wildman–Crippen LogP) is 4.15. The minimum atomic E-state index is -3.82. The first-order valence-electron chi connectivity index (χ1n) is 6.61. The quantitative estimate of drug-likeness (QED) is 0.828. The molecule has 0 spiro atoms. The smallest absolute Gasteiger partial charge is 0.257 e. The third-order valence-electron chi connectivity index (χ3n) is 3.11. The minimum absolute atomic E-state index is 0.0125. The van der Waals surface area contributed by atoms with Gasteiger partial charge in [0, 0.05) is 24.8 Å². The first-order chi connectivity index (χ1) is 11.1. The number of nitrogens with one attached hydrogen (secondary N) is 1. The Balaban J connectivity index is 2.45. The van der Waals surface area contributed by atoms with Gasteiger partial charge in [0.25, 0.3) is 5.91 Å². The molecule has 1 amide bonds. The van der Waals surface area contributed by atoms with Crippen molar-refractivity contribution in [3.63, 3.8) is 0 Å². The number of anilines is 1. The number of nitrogens with zero attached hydrogens (tertiary/aromatic N) is 1. The molecule has 9 heteroatoms. The summed E-state index contributed by atoms with van der Waals surface area (Å²) >= 11 is 17.9. The molecule has 0 aliphatic heterocycles. The number of sulfonamides is 1. The highest BCUT2D eigenvalue weighted by Crippen LogP contribution is 2.30. The Labute approximate surface area is 155 Å². The van der Waals surface area contributed by atoms with E-state index >= 15 is 0 Å². The number of carbonyl (C=O) groups is 1. The van der Waals surface area contributed by atoms with E-state index in [-0.39, 0.29) is 20.5 Å². The van der Waals surface area contributed by atoms with Crippen molar-refractivity contribution in [2.75, 3.05) is 19.4 Å². The fourth-order valence-electron chi connectivity index (χ4n) is 1.86. The molecule has 0 atom stereocenters. The lowest BCUT2D eigenvalue weighted by Gasteiger charge is -2.15. The molecular weight excluding hydrogens is 395 g/mol. The summed E-state index contributed by atoms with van der Waals surface area (Å²) in [6.45, 7) is 0. The Morgan fingerprint density at radius 2 is 1.71 bits per heavy atom. The monoisotopic (exact) mass is 406 g/mol. The van der Waals surface area contributed by atoms with Gasteiger partial charge in [-0.15, -0.1) is 0 Å². The van der Waals surface area contributed by atoms with Gasteiger partial charge >= 0.3 is 0 Å². The fraction of sp³-hybridized carbons (Fsp3) is 0.133. The molecule has 0 fully saturated rings. The summed E-state index contributed by atoms with van der Waals surface area (Å²) in [6, 6.07) is 8.91. The maximum absolute atomic E-state index is 12.4. The van der Waals surface area contributed by atoms with E-state index < -0.39 is 15.9 Å². The molecular formula is C15H13Cl3N2O3S. The molecule has 0 aromatic heterocycles. The van der Waals surface area contributed by atoms with Crippen LogP contribution in [0.25, 0.3) is 0 Å². The standard InChI is InChI=1S/C15H13Cl3N2O3S/c1-20(2)24(22,23)14-7-11(12(17)8-13(14)18)15(21)19-10-5-3-4-9(16)6-10/h3-8H,1-2H3,(H,19,21). The van der Waals surface area contributed by atoms with Crippen LogP contribution in [0, 0.1) is 0 Å². The van der Waals surface area contributed by atoms with Crippen LogP contribution in [-0.2, 0) is 10.0 Å².